The van der Waals surface area contributed by atoms with E-state index < -0.39 is 0 Å². The molecule has 162 valence electrons. The molecule has 3 heterocycles. The van der Waals surface area contributed by atoms with E-state index in [4.69, 9.17) is 4.98 Å². The van der Waals surface area contributed by atoms with Gasteiger partial charge in [-0.2, -0.15) is 9.61 Å². The zero-order valence-corrected chi connectivity index (χ0v) is 17.5. The number of hydrogen-bond donors (Lipinski definition) is 4. The molecule has 9 heteroatoms. The largest absolute Gasteiger partial charge is 0.393 e. The van der Waals surface area contributed by atoms with Crippen molar-refractivity contribution < 1.29 is 9.90 Å². The second-order valence-corrected chi connectivity index (χ2v) is 8.48. The van der Waals surface area contributed by atoms with Gasteiger partial charge in [0.15, 0.2) is 5.65 Å². The van der Waals surface area contributed by atoms with Crippen molar-refractivity contribution in [1.29, 1.82) is 0 Å². The van der Waals surface area contributed by atoms with Crippen LogP contribution in [0.2, 0.25) is 0 Å². The number of pyridine rings is 1. The lowest BCUT2D eigenvalue weighted by Crippen LogP contribution is -2.33. The van der Waals surface area contributed by atoms with E-state index >= 15 is 0 Å². The molecule has 0 unspecified atom stereocenters. The second kappa shape index (κ2) is 8.14. The Morgan fingerprint density at radius 3 is 2.90 bits per heavy atom. The first-order chi connectivity index (χ1) is 15.1. The predicted molar refractivity (Wildman–Crippen MR) is 118 cm³/mol. The number of fused-ring (bicyclic) bond motifs is 1. The summed E-state index contributed by atoms with van der Waals surface area (Å²) in [7, 11) is 1.81. The highest BCUT2D eigenvalue weighted by Gasteiger charge is 2.26. The smallest absolute Gasteiger partial charge is 0.256 e. The molecule has 31 heavy (non-hydrogen) atoms. The Morgan fingerprint density at radius 2 is 2.16 bits per heavy atom. The van der Waals surface area contributed by atoms with Crippen LogP contribution in [0.1, 0.15) is 48.2 Å². The van der Waals surface area contributed by atoms with E-state index in [9.17, 15) is 9.90 Å². The molecule has 0 aliphatic heterocycles. The first kappa shape index (κ1) is 19.7. The average molecular weight is 422 g/mol. The number of aromatic nitrogens is 4. The molecule has 5 rings (SSSR count). The van der Waals surface area contributed by atoms with Crippen LogP contribution in [0.3, 0.4) is 0 Å². The van der Waals surface area contributed by atoms with Crippen LogP contribution in [-0.2, 0) is 6.42 Å². The summed E-state index contributed by atoms with van der Waals surface area (Å²) < 4.78 is 1.62. The molecule has 2 atom stereocenters. The lowest BCUT2D eigenvalue weighted by molar-refractivity contribution is 0.0935. The van der Waals surface area contributed by atoms with Gasteiger partial charge in [0.1, 0.15) is 17.2 Å². The SMILES string of the molecule is CNc1cc(Nc2cccnc2CC2CC2)nc2c(C(=O)N[C@H]3CC[C@H](O)C3)cnn12. The van der Waals surface area contributed by atoms with E-state index in [1.54, 1.807) is 4.52 Å². The number of amides is 1. The Labute approximate surface area is 180 Å². The number of nitrogens with one attached hydrogen (secondary N) is 3. The number of hydrogen-bond acceptors (Lipinski definition) is 7. The zero-order valence-electron chi connectivity index (χ0n) is 17.5. The topological polar surface area (TPSA) is 116 Å². The van der Waals surface area contributed by atoms with Gasteiger partial charge >= 0.3 is 0 Å². The molecule has 0 radical (unpaired) electrons. The van der Waals surface area contributed by atoms with Gasteiger partial charge in [0.2, 0.25) is 0 Å². The van der Waals surface area contributed by atoms with Crippen molar-refractivity contribution in [3.05, 3.63) is 41.9 Å². The quantitative estimate of drug-likeness (QED) is 0.463. The first-order valence-electron chi connectivity index (χ1n) is 10.9. The van der Waals surface area contributed by atoms with E-state index in [-0.39, 0.29) is 18.1 Å². The Kier molecular flexibility index (Phi) is 5.19. The zero-order chi connectivity index (χ0) is 21.4. The highest BCUT2D eigenvalue weighted by molar-refractivity contribution is 6.00. The molecule has 4 N–H and O–H groups in total. The molecule has 0 spiro atoms. The van der Waals surface area contributed by atoms with Gasteiger partial charge in [-0.25, -0.2) is 4.98 Å². The Hall–Kier alpha value is -3.20. The molecule has 3 aromatic heterocycles. The number of nitrogens with zero attached hydrogens (tertiary/aromatic N) is 4. The fourth-order valence-electron chi connectivity index (χ4n) is 4.16. The summed E-state index contributed by atoms with van der Waals surface area (Å²) in [5, 5.41) is 23.6. The van der Waals surface area contributed by atoms with Gasteiger partial charge < -0.3 is 21.1 Å². The molecule has 2 fully saturated rings. The Morgan fingerprint density at radius 1 is 1.29 bits per heavy atom. The molecule has 3 aromatic rings. The average Bonchev–Trinajstić information content (AvgIpc) is 3.32. The third kappa shape index (κ3) is 4.18. The number of aliphatic hydroxyl groups excluding tert-OH is 1. The van der Waals surface area contributed by atoms with Gasteiger partial charge in [-0.15, -0.1) is 0 Å². The monoisotopic (exact) mass is 421 g/mol. The predicted octanol–water partition coefficient (Wildman–Crippen LogP) is 2.51. The van der Waals surface area contributed by atoms with Gasteiger partial charge in [0.05, 0.1) is 23.7 Å². The molecule has 2 aliphatic rings. The van der Waals surface area contributed by atoms with Gasteiger partial charge in [-0.05, 0) is 56.6 Å². The normalized spacial score (nSPS) is 20.7. The van der Waals surface area contributed by atoms with Crippen LogP contribution >= 0.6 is 0 Å². The van der Waals surface area contributed by atoms with Crippen LogP contribution in [-0.4, -0.2) is 49.8 Å². The third-order valence-electron chi connectivity index (χ3n) is 6.04. The maximum atomic E-state index is 12.9. The first-order valence-corrected chi connectivity index (χ1v) is 10.9. The van der Waals surface area contributed by atoms with Gasteiger partial charge in [0.25, 0.3) is 5.91 Å². The van der Waals surface area contributed by atoms with Crippen molar-refractivity contribution in [2.24, 2.45) is 5.92 Å². The van der Waals surface area contributed by atoms with Gasteiger partial charge in [0, 0.05) is 25.4 Å². The summed E-state index contributed by atoms with van der Waals surface area (Å²) in [5.41, 5.74) is 2.84. The van der Waals surface area contributed by atoms with Crippen LogP contribution in [0.5, 0.6) is 0 Å². The minimum Gasteiger partial charge on any atom is -0.393 e. The van der Waals surface area contributed by atoms with Crippen molar-refractivity contribution in [1.82, 2.24) is 24.9 Å². The summed E-state index contributed by atoms with van der Waals surface area (Å²) in [6.45, 7) is 0. The summed E-state index contributed by atoms with van der Waals surface area (Å²) in [5.74, 6) is 1.83. The standard InChI is InChI=1S/C22H27N7O2/c1-23-20-11-19(27-17-3-2-8-24-18(17)9-13-4-5-13)28-21-16(12-25-29(20)21)22(31)26-14-6-7-15(30)10-14/h2-3,8,11-15,23,30H,4-7,9-10H2,1H3,(H,26,31)(H,27,28)/t14-,15-/m0/s1. The minimum atomic E-state index is -0.344. The van der Waals surface area contributed by atoms with Gasteiger partial charge in [-0.1, -0.05) is 0 Å². The molecular weight excluding hydrogens is 394 g/mol. The Bertz CT molecular complexity index is 1110. The lowest BCUT2D eigenvalue weighted by Gasteiger charge is -2.13. The second-order valence-electron chi connectivity index (χ2n) is 8.48. The summed E-state index contributed by atoms with van der Waals surface area (Å²) in [6.07, 6.45) is 8.56. The molecule has 0 saturated heterocycles. The fourth-order valence-corrected chi connectivity index (χ4v) is 4.16. The van der Waals surface area contributed by atoms with Crippen molar-refractivity contribution in [3.8, 4) is 0 Å². The molecule has 2 aliphatic carbocycles. The molecule has 2 saturated carbocycles. The van der Waals surface area contributed by atoms with Crippen molar-refractivity contribution in [2.75, 3.05) is 17.7 Å². The molecular formula is C22H27N7O2. The molecule has 9 nitrogen and oxygen atoms in total. The summed E-state index contributed by atoms with van der Waals surface area (Å²) >= 11 is 0. The maximum absolute atomic E-state index is 12.9. The van der Waals surface area contributed by atoms with Crippen LogP contribution in [0.25, 0.3) is 5.65 Å². The summed E-state index contributed by atoms with van der Waals surface area (Å²) in [6, 6.07) is 5.75. The fraction of sp³-hybridized carbons (Fsp3) is 0.455. The molecule has 0 bridgehead atoms. The van der Waals surface area contributed by atoms with Crippen molar-refractivity contribution in [3.63, 3.8) is 0 Å². The van der Waals surface area contributed by atoms with Crippen molar-refractivity contribution in [2.45, 2.75) is 50.7 Å². The lowest BCUT2D eigenvalue weighted by atomic mass is 10.1. The van der Waals surface area contributed by atoms with Crippen molar-refractivity contribution >= 4 is 28.9 Å². The number of carbonyl (C=O) groups is 1. The molecule has 1 amide bonds. The van der Waals surface area contributed by atoms with Crippen LogP contribution < -0.4 is 16.0 Å². The third-order valence-corrected chi connectivity index (χ3v) is 6.04. The van der Waals surface area contributed by atoms with Crippen LogP contribution in [0.15, 0.2) is 30.6 Å². The number of aliphatic hydroxyl groups is 1. The number of rotatable bonds is 7. The van der Waals surface area contributed by atoms with E-state index in [1.807, 2.05) is 31.4 Å². The highest BCUT2D eigenvalue weighted by atomic mass is 16.3. The van der Waals surface area contributed by atoms with Gasteiger partial charge in [-0.3, -0.25) is 9.78 Å². The maximum Gasteiger partial charge on any atom is 0.256 e. The summed E-state index contributed by atoms with van der Waals surface area (Å²) in [4.78, 5) is 22.1. The number of carbonyl (C=O) groups excluding carboxylic acids is 1. The number of anilines is 3. The van der Waals surface area contributed by atoms with E-state index in [0.29, 0.717) is 29.9 Å². The van der Waals surface area contributed by atoms with E-state index in [2.05, 4.69) is 26.0 Å². The van der Waals surface area contributed by atoms with Crippen LogP contribution in [0.4, 0.5) is 17.3 Å². The van der Waals surface area contributed by atoms with E-state index in [0.717, 1.165) is 36.0 Å². The molecule has 0 aromatic carbocycles. The highest BCUT2D eigenvalue weighted by Crippen LogP contribution is 2.34. The van der Waals surface area contributed by atoms with Crippen LogP contribution in [0, 0.1) is 5.92 Å². The minimum absolute atomic E-state index is 0.0251. The Balaban J connectivity index is 1.44. The van der Waals surface area contributed by atoms with E-state index in [1.165, 1.54) is 19.0 Å².